The van der Waals surface area contributed by atoms with E-state index in [2.05, 4.69) is 63.2 Å². The van der Waals surface area contributed by atoms with Crippen LogP contribution in [0, 0.1) is 22.5 Å². The van der Waals surface area contributed by atoms with Crippen LogP contribution in [0.3, 0.4) is 0 Å². The van der Waals surface area contributed by atoms with Crippen molar-refractivity contribution >= 4 is 32.8 Å². The number of carbonyl (C=O) groups excluding carboxylic acids is 1. The van der Waals surface area contributed by atoms with Crippen molar-refractivity contribution in [3.63, 3.8) is 0 Å². The van der Waals surface area contributed by atoms with Crippen LogP contribution < -0.4 is 20.7 Å². The fourth-order valence-electron chi connectivity index (χ4n) is 9.61. The van der Waals surface area contributed by atoms with Gasteiger partial charge in [-0.15, -0.1) is 0 Å². The van der Waals surface area contributed by atoms with Crippen molar-refractivity contribution in [2.45, 2.75) is 73.4 Å². The zero-order valence-electron chi connectivity index (χ0n) is 31.2. The van der Waals surface area contributed by atoms with Crippen LogP contribution in [-0.2, 0) is 9.84 Å². The molecule has 8 rings (SSSR count). The molecule has 0 radical (unpaired) electrons. The van der Waals surface area contributed by atoms with Gasteiger partial charge in [-0.3, -0.25) is 24.7 Å². The number of benzene rings is 3. The number of carbonyl (C=O) groups is 1. The molecule has 1 saturated carbocycles. The number of rotatable bonds is 9. The highest BCUT2D eigenvalue weighted by Crippen LogP contribution is 2.54. The third-order valence-electron chi connectivity index (χ3n) is 12.8. The standard InChI is InChI=1S/C40H51N7O6S/c1-27-6-3-4-7-32(27)34-8-5-13-46(34)30-23-40(24-30)11-14-45(15-12-40)29-9-10-33(39(41)48)37(20-29)54(51,52)31-21-35(47(49)50)38-36(22-31)53-26-28(42-38)25-44-18-16-43(2)17-19-44/h3-4,6-7,9-10,20-22,28,30,34,42H,5,8,11-19,23-26H2,1-2H3,(H2,41,48)/t28-,34-/m0/s1. The highest BCUT2D eigenvalue weighted by atomic mass is 32.2. The predicted molar refractivity (Wildman–Crippen MR) is 207 cm³/mol. The number of nitro groups is 1. The van der Waals surface area contributed by atoms with E-state index in [1.54, 1.807) is 6.07 Å². The molecule has 3 N–H and O–H groups in total. The quantitative estimate of drug-likeness (QED) is 0.228. The number of hydrogen-bond acceptors (Lipinski definition) is 11. The molecule has 1 aliphatic carbocycles. The third kappa shape index (κ3) is 6.93. The van der Waals surface area contributed by atoms with E-state index in [4.69, 9.17) is 10.5 Å². The summed E-state index contributed by atoms with van der Waals surface area (Å²) in [4.78, 5) is 33.2. The van der Waals surface area contributed by atoms with Crippen molar-refractivity contribution in [2.75, 3.05) is 76.2 Å². The Kier molecular flexibility index (Phi) is 9.82. The molecule has 0 aromatic heterocycles. The van der Waals surface area contributed by atoms with Crippen molar-refractivity contribution in [3.05, 3.63) is 81.4 Å². The van der Waals surface area contributed by atoms with Gasteiger partial charge in [-0.2, -0.15) is 0 Å². The summed E-state index contributed by atoms with van der Waals surface area (Å²) in [6.07, 6.45) is 6.78. The van der Waals surface area contributed by atoms with Gasteiger partial charge in [0.1, 0.15) is 6.61 Å². The fourth-order valence-corrected chi connectivity index (χ4v) is 11.1. The lowest BCUT2D eigenvalue weighted by Crippen LogP contribution is -2.54. The molecule has 4 aliphatic heterocycles. The molecule has 4 fully saturated rings. The summed E-state index contributed by atoms with van der Waals surface area (Å²) in [5, 5.41) is 15.6. The van der Waals surface area contributed by atoms with Crippen LogP contribution in [0.4, 0.5) is 17.1 Å². The van der Waals surface area contributed by atoms with Crippen LogP contribution in [0.2, 0.25) is 0 Å². The number of piperazine rings is 1. The molecule has 2 atom stereocenters. The molecule has 3 saturated heterocycles. The first-order valence-electron chi connectivity index (χ1n) is 19.3. The van der Waals surface area contributed by atoms with E-state index >= 15 is 0 Å². The molecule has 288 valence electrons. The first-order chi connectivity index (χ1) is 25.9. The maximum absolute atomic E-state index is 14.3. The Labute approximate surface area is 317 Å². The van der Waals surface area contributed by atoms with Crippen molar-refractivity contribution in [1.29, 1.82) is 0 Å². The van der Waals surface area contributed by atoms with E-state index in [0.717, 1.165) is 64.7 Å². The molecule has 0 bridgehead atoms. The number of aryl methyl sites for hydroxylation is 1. The number of sulfone groups is 1. The second kappa shape index (κ2) is 14.4. The van der Waals surface area contributed by atoms with Crippen molar-refractivity contribution < 1.29 is 22.9 Å². The molecular weight excluding hydrogens is 707 g/mol. The minimum Gasteiger partial charge on any atom is -0.489 e. The van der Waals surface area contributed by atoms with Crippen LogP contribution in [-0.4, -0.2) is 112 Å². The van der Waals surface area contributed by atoms with Crippen LogP contribution in [0.5, 0.6) is 5.75 Å². The number of fused-ring (bicyclic) bond motifs is 1. The number of primary amides is 1. The van der Waals surface area contributed by atoms with E-state index in [1.807, 2.05) is 0 Å². The molecular formula is C40H51N7O6S. The molecule has 54 heavy (non-hydrogen) atoms. The third-order valence-corrected chi connectivity index (χ3v) is 14.6. The zero-order chi connectivity index (χ0) is 37.8. The van der Waals surface area contributed by atoms with Gasteiger partial charge in [-0.05, 0) is 93.8 Å². The summed E-state index contributed by atoms with van der Waals surface area (Å²) < 4.78 is 34.7. The minimum absolute atomic E-state index is 0.0912. The average Bonchev–Trinajstić information content (AvgIpc) is 3.63. The summed E-state index contributed by atoms with van der Waals surface area (Å²) in [5.74, 6) is -0.797. The maximum Gasteiger partial charge on any atom is 0.297 e. The normalized spacial score (nSPS) is 23.7. The predicted octanol–water partition coefficient (Wildman–Crippen LogP) is 4.84. The van der Waals surface area contributed by atoms with Gasteiger partial charge in [0.25, 0.3) is 5.69 Å². The number of hydrogen-bond donors (Lipinski definition) is 2. The van der Waals surface area contributed by atoms with E-state index in [1.165, 1.54) is 55.0 Å². The Morgan fingerprint density at radius 3 is 2.46 bits per heavy atom. The zero-order valence-corrected chi connectivity index (χ0v) is 32.0. The van der Waals surface area contributed by atoms with Gasteiger partial charge in [-0.25, -0.2) is 8.42 Å². The summed E-state index contributed by atoms with van der Waals surface area (Å²) in [6, 6.07) is 16.7. The number of anilines is 2. The lowest BCUT2D eigenvalue weighted by Gasteiger charge is -2.56. The number of likely N-dealkylation sites (tertiary alicyclic amines) is 1. The average molecular weight is 758 g/mol. The molecule has 3 aromatic rings. The van der Waals surface area contributed by atoms with E-state index in [-0.39, 0.29) is 44.9 Å². The molecule has 1 amide bonds. The van der Waals surface area contributed by atoms with Gasteiger partial charge in [0, 0.05) is 75.7 Å². The number of nitrogens with two attached hydrogens (primary N) is 1. The monoisotopic (exact) mass is 757 g/mol. The summed E-state index contributed by atoms with van der Waals surface area (Å²) in [5.41, 5.74) is 9.09. The summed E-state index contributed by atoms with van der Waals surface area (Å²) >= 11 is 0. The van der Waals surface area contributed by atoms with E-state index in [9.17, 15) is 23.3 Å². The Morgan fingerprint density at radius 2 is 1.76 bits per heavy atom. The number of likely N-dealkylation sites (N-methyl/N-ethyl adjacent to an activating group) is 1. The first kappa shape index (κ1) is 36.7. The van der Waals surface area contributed by atoms with Gasteiger partial charge >= 0.3 is 0 Å². The topological polar surface area (TPSA) is 155 Å². The van der Waals surface area contributed by atoms with Crippen LogP contribution >= 0.6 is 0 Å². The maximum atomic E-state index is 14.3. The van der Waals surface area contributed by atoms with Gasteiger partial charge in [0.15, 0.2) is 11.4 Å². The lowest BCUT2D eigenvalue weighted by molar-refractivity contribution is -0.384. The SMILES string of the molecule is Cc1ccccc1[C@@H]1CCCN1C1CC2(CCN(c3ccc(C(N)=O)c(S(=O)(=O)c4cc5c(c([N+](=O)[O-])c4)N[C@@H](CN4CCN(C)CC4)CO5)c3)CC2)C1. The Balaban J connectivity index is 0.980. The molecule has 14 heteroatoms. The lowest BCUT2D eigenvalue weighted by atomic mass is 9.59. The van der Waals surface area contributed by atoms with E-state index < -0.39 is 26.4 Å². The minimum atomic E-state index is -4.43. The Bertz CT molecular complexity index is 2040. The summed E-state index contributed by atoms with van der Waals surface area (Å²) in [7, 11) is -2.35. The molecule has 3 aromatic carbocycles. The summed E-state index contributed by atoms with van der Waals surface area (Å²) in [6.45, 7) is 9.40. The number of amides is 1. The van der Waals surface area contributed by atoms with Gasteiger partial charge in [-0.1, -0.05) is 24.3 Å². The fraction of sp³-hybridized carbons (Fsp3) is 0.525. The molecule has 13 nitrogen and oxygen atoms in total. The van der Waals surface area contributed by atoms with Crippen LogP contribution in [0.15, 0.2) is 64.4 Å². The van der Waals surface area contributed by atoms with Crippen LogP contribution in [0.1, 0.15) is 66.1 Å². The Morgan fingerprint density at radius 1 is 1.02 bits per heavy atom. The molecule has 0 unspecified atom stereocenters. The van der Waals surface area contributed by atoms with Gasteiger partial charge in [0.05, 0.1) is 26.3 Å². The largest absolute Gasteiger partial charge is 0.489 e. The molecule has 5 aliphatic rings. The van der Waals surface area contributed by atoms with Crippen LogP contribution in [0.25, 0.3) is 0 Å². The molecule has 4 heterocycles. The highest BCUT2D eigenvalue weighted by molar-refractivity contribution is 7.91. The van der Waals surface area contributed by atoms with Crippen molar-refractivity contribution in [2.24, 2.45) is 11.1 Å². The highest BCUT2D eigenvalue weighted by Gasteiger charge is 2.50. The first-order valence-corrected chi connectivity index (χ1v) is 20.8. The second-order valence-corrected chi connectivity index (χ2v) is 18.1. The number of nitrogens with one attached hydrogen (secondary N) is 1. The number of nitro benzene ring substituents is 1. The Hall–Kier alpha value is -4.24. The molecule has 1 spiro atoms. The van der Waals surface area contributed by atoms with E-state index in [0.29, 0.717) is 24.3 Å². The smallest absolute Gasteiger partial charge is 0.297 e. The second-order valence-electron chi connectivity index (χ2n) is 16.2. The van der Waals surface area contributed by atoms with Crippen molar-refractivity contribution in [3.8, 4) is 5.75 Å². The number of piperidine rings is 1. The van der Waals surface area contributed by atoms with Crippen molar-refractivity contribution in [1.82, 2.24) is 14.7 Å². The van der Waals surface area contributed by atoms with Gasteiger partial charge < -0.3 is 25.6 Å². The number of nitrogens with zero attached hydrogens (tertiary/aromatic N) is 5. The number of ether oxygens (including phenoxy) is 1. The van der Waals surface area contributed by atoms with Gasteiger partial charge in [0.2, 0.25) is 15.7 Å².